The molecule has 1 N–H and O–H groups in total. The average Bonchev–Trinajstić information content (AvgIpc) is 2.78. The van der Waals surface area contributed by atoms with Crippen molar-refractivity contribution >= 4 is 11.9 Å². The summed E-state index contributed by atoms with van der Waals surface area (Å²) in [5.41, 5.74) is 0.438. The van der Waals surface area contributed by atoms with E-state index in [2.05, 4.69) is 11.4 Å². The van der Waals surface area contributed by atoms with Crippen LogP contribution in [0.3, 0.4) is 0 Å². The van der Waals surface area contributed by atoms with Crippen molar-refractivity contribution in [2.75, 3.05) is 6.61 Å². The molecule has 1 amide bonds. The van der Waals surface area contributed by atoms with Crippen LogP contribution in [0.15, 0.2) is 54.6 Å². The van der Waals surface area contributed by atoms with Crippen LogP contribution in [0.5, 0.6) is 5.75 Å². The zero-order chi connectivity index (χ0) is 20.5. The molecular weight excluding hydrogens is 368 g/mol. The molecular formula is C23H24N2O4. The van der Waals surface area contributed by atoms with Crippen LogP contribution in [0.2, 0.25) is 0 Å². The minimum absolute atomic E-state index is 0.355. The van der Waals surface area contributed by atoms with Gasteiger partial charge in [0.05, 0.1) is 11.6 Å². The fourth-order valence-corrected chi connectivity index (χ4v) is 3.36. The fraction of sp³-hybridized carbons (Fsp3) is 0.348. The third-order valence-corrected chi connectivity index (χ3v) is 4.97. The number of nitriles is 1. The van der Waals surface area contributed by atoms with Crippen LogP contribution in [-0.2, 0) is 16.1 Å². The molecule has 0 unspecified atom stereocenters. The second-order valence-electron chi connectivity index (χ2n) is 7.18. The quantitative estimate of drug-likeness (QED) is 0.725. The van der Waals surface area contributed by atoms with E-state index in [1.807, 2.05) is 30.3 Å². The van der Waals surface area contributed by atoms with Crippen LogP contribution in [-0.4, -0.2) is 24.0 Å². The number of esters is 1. The summed E-state index contributed by atoms with van der Waals surface area (Å²) in [6.07, 6.45) is 4.16. The molecule has 6 nitrogen and oxygen atoms in total. The molecule has 0 aliphatic heterocycles. The topological polar surface area (TPSA) is 88.4 Å². The number of nitrogens with zero attached hydrogens (tertiary/aromatic N) is 1. The van der Waals surface area contributed by atoms with Crippen LogP contribution in [0.4, 0.5) is 0 Å². The molecule has 1 aliphatic rings. The first kappa shape index (κ1) is 20.4. The summed E-state index contributed by atoms with van der Waals surface area (Å²) in [5.74, 6) is -0.255. The molecule has 3 rings (SSSR count). The Morgan fingerprint density at radius 3 is 2.34 bits per heavy atom. The van der Waals surface area contributed by atoms with E-state index in [1.54, 1.807) is 24.3 Å². The van der Waals surface area contributed by atoms with Gasteiger partial charge in [0.25, 0.3) is 5.91 Å². The molecule has 6 heteroatoms. The maximum absolute atomic E-state index is 12.2. The lowest BCUT2D eigenvalue weighted by Gasteiger charge is -2.31. The van der Waals surface area contributed by atoms with E-state index in [0.717, 1.165) is 30.6 Å². The Labute approximate surface area is 170 Å². The highest BCUT2D eigenvalue weighted by atomic mass is 16.5. The van der Waals surface area contributed by atoms with Crippen LogP contribution in [0, 0.1) is 11.3 Å². The SMILES string of the molecule is N#CC1(NC(=O)COC(=O)c2ccc(COc3ccccc3)cc2)CCCCC1. The number of amides is 1. The molecule has 0 radical (unpaired) electrons. The van der Waals surface area contributed by atoms with Gasteiger partial charge in [-0.25, -0.2) is 4.79 Å². The van der Waals surface area contributed by atoms with Crippen LogP contribution < -0.4 is 10.1 Å². The number of ether oxygens (including phenoxy) is 2. The molecule has 0 heterocycles. The number of carbonyl (C=O) groups excluding carboxylic acids is 2. The highest BCUT2D eigenvalue weighted by Crippen LogP contribution is 2.27. The standard InChI is InChI=1S/C23H24N2O4/c24-17-23(13-5-2-6-14-23)25-21(26)16-29-22(27)19-11-9-18(10-12-19)15-28-20-7-3-1-4-8-20/h1,3-4,7-12H,2,5-6,13-16H2,(H,25,26). The van der Waals surface area contributed by atoms with Crippen molar-refractivity contribution in [3.8, 4) is 11.8 Å². The second kappa shape index (κ2) is 9.74. The van der Waals surface area contributed by atoms with E-state index in [9.17, 15) is 14.9 Å². The number of hydrogen-bond donors (Lipinski definition) is 1. The van der Waals surface area contributed by atoms with E-state index in [1.165, 1.54) is 0 Å². The van der Waals surface area contributed by atoms with Gasteiger partial charge in [-0.05, 0) is 42.7 Å². The van der Waals surface area contributed by atoms with Crippen molar-refractivity contribution in [1.82, 2.24) is 5.32 Å². The van der Waals surface area contributed by atoms with Crippen molar-refractivity contribution in [3.05, 3.63) is 65.7 Å². The second-order valence-corrected chi connectivity index (χ2v) is 7.18. The van der Waals surface area contributed by atoms with Gasteiger partial charge in [0, 0.05) is 0 Å². The number of nitrogens with one attached hydrogen (secondary N) is 1. The summed E-state index contributed by atoms with van der Waals surface area (Å²) < 4.78 is 10.8. The van der Waals surface area contributed by atoms with E-state index >= 15 is 0 Å². The van der Waals surface area contributed by atoms with Crippen molar-refractivity contribution in [2.45, 2.75) is 44.2 Å². The van der Waals surface area contributed by atoms with Gasteiger partial charge in [-0.15, -0.1) is 0 Å². The average molecular weight is 392 g/mol. The molecule has 0 aromatic heterocycles. The molecule has 0 saturated heterocycles. The van der Waals surface area contributed by atoms with Gasteiger partial charge >= 0.3 is 5.97 Å². The number of benzene rings is 2. The maximum atomic E-state index is 12.2. The number of hydrogen-bond acceptors (Lipinski definition) is 5. The van der Waals surface area contributed by atoms with Crippen molar-refractivity contribution in [1.29, 1.82) is 5.26 Å². The minimum atomic E-state index is -0.831. The van der Waals surface area contributed by atoms with Crippen LogP contribution in [0.25, 0.3) is 0 Å². The molecule has 150 valence electrons. The first-order chi connectivity index (χ1) is 14.1. The first-order valence-corrected chi connectivity index (χ1v) is 9.76. The Morgan fingerprint density at radius 2 is 1.69 bits per heavy atom. The Bertz CT molecular complexity index is 866. The maximum Gasteiger partial charge on any atom is 0.338 e. The summed E-state index contributed by atoms with van der Waals surface area (Å²) in [6, 6.07) is 18.5. The predicted molar refractivity (Wildman–Crippen MR) is 107 cm³/mol. The zero-order valence-corrected chi connectivity index (χ0v) is 16.2. The van der Waals surface area contributed by atoms with Gasteiger partial charge in [0.1, 0.15) is 17.9 Å². The van der Waals surface area contributed by atoms with Gasteiger partial charge < -0.3 is 14.8 Å². The molecule has 1 aliphatic carbocycles. The minimum Gasteiger partial charge on any atom is -0.489 e. The van der Waals surface area contributed by atoms with Crippen molar-refractivity contribution in [2.24, 2.45) is 0 Å². The monoisotopic (exact) mass is 392 g/mol. The Balaban J connectivity index is 1.46. The third-order valence-electron chi connectivity index (χ3n) is 4.97. The summed E-state index contributed by atoms with van der Waals surface area (Å²) >= 11 is 0. The molecule has 0 bridgehead atoms. The van der Waals surface area contributed by atoms with Gasteiger partial charge in [-0.2, -0.15) is 5.26 Å². The van der Waals surface area contributed by atoms with Gasteiger partial charge in [-0.3, -0.25) is 4.79 Å². The summed E-state index contributed by atoms with van der Waals surface area (Å²) in [5, 5.41) is 12.1. The molecule has 1 saturated carbocycles. The van der Waals surface area contributed by atoms with Gasteiger partial charge in [-0.1, -0.05) is 49.6 Å². The molecule has 29 heavy (non-hydrogen) atoms. The largest absolute Gasteiger partial charge is 0.489 e. The highest BCUT2D eigenvalue weighted by molar-refractivity contribution is 5.91. The Hall–Kier alpha value is -3.33. The predicted octanol–water partition coefficient (Wildman–Crippen LogP) is 3.77. The van der Waals surface area contributed by atoms with Crippen LogP contribution >= 0.6 is 0 Å². The van der Waals surface area contributed by atoms with Gasteiger partial charge in [0.15, 0.2) is 6.61 Å². The summed E-state index contributed by atoms with van der Waals surface area (Å²) in [7, 11) is 0. The highest BCUT2D eigenvalue weighted by Gasteiger charge is 2.33. The lowest BCUT2D eigenvalue weighted by Crippen LogP contribution is -2.50. The number of carbonyl (C=O) groups is 2. The summed E-state index contributed by atoms with van der Waals surface area (Å²) in [4.78, 5) is 24.3. The van der Waals surface area contributed by atoms with E-state index in [4.69, 9.17) is 9.47 Å². The van der Waals surface area contributed by atoms with Gasteiger partial charge in [0.2, 0.25) is 0 Å². The van der Waals surface area contributed by atoms with Crippen molar-refractivity contribution in [3.63, 3.8) is 0 Å². The molecule has 0 spiro atoms. The third kappa shape index (κ3) is 5.82. The normalized spacial score (nSPS) is 15.0. The smallest absolute Gasteiger partial charge is 0.338 e. The van der Waals surface area contributed by atoms with E-state index in [-0.39, 0.29) is 0 Å². The fourth-order valence-electron chi connectivity index (χ4n) is 3.36. The lowest BCUT2D eigenvalue weighted by molar-refractivity contribution is -0.125. The Kier molecular flexibility index (Phi) is 6.85. The van der Waals surface area contributed by atoms with Crippen LogP contribution in [0.1, 0.15) is 48.0 Å². The number of para-hydroxylation sites is 1. The number of rotatable bonds is 7. The molecule has 0 atom stereocenters. The molecule has 2 aromatic rings. The van der Waals surface area contributed by atoms with E-state index < -0.39 is 24.0 Å². The Morgan fingerprint density at radius 1 is 1.00 bits per heavy atom. The zero-order valence-electron chi connectivity index (χ0n) is 16.2. The molecule has 2 aromatic carbocycles. The lowest BCUT2D eigenvalue weighted by atomic mass is 9.83. The summed E-state index contributed by atoms with van der Waals surface area (Å²) in [6.45, 7) is -0.0148. The molecule has 1 fully saturated rings. The van der Waals surface area contributed by atoms with Crippen molar-refractivity contribution < 1.29 is 19.1 Å². The first-order valence-electron chi connectivity index (χ1n) is 9.76. The van der Waals surface area contributed by atoms with E-state index in [0.29, 0.717) is 25.0 Å².